The van der Waals surface area contributed by atoms with E-state index in [1.54, 1.807) is 6.20 Å². The molecule has 5 heterocycles. The van der Waals surface area contributed by atoms with Crippen LogP contribution in [0.25, 0.3) is 44.7 Å². The second kappa shape index (κ2) is 10.2. The number of carboxylic acid groups (broad SMARTS) is 1. The van der Waals surface area contributed by atoms with Crippen molar-refractivity contribution in [3.8, 4) is 45.1 Å². The third-order valence-corrected chi connectivity index (χ3v) is 9.16. The van der Waals surface area contributed by atoms with E-state index in [4.69, 9.17) is 19.4 Å². The molecule has 0 saturated heterocycles. The van der Waals surface area contributed by atoms with Gasteiger partial charge in [0.05, 0.1) is 31.0 Å². The lowest BCUT2D eigenvalue weighted by Crippen LogP contribution is -2.18. The lowest BCUT2D eigenvalue weighted by atomic mass is 9.86. The molecule has 44 heavy (non-hydrogen) atoms. The van der Waals surface area contributed by atoms with Crippen molar-refractivity contribution < 1.29 is 23.8 Å². The Labute approximate surface area is 255 Å². The van der Waals surface area contributed by atoms with E-state index in [1.165, 1.54) is 11.6 Å². The van der Waals surface area contributed by atoms with Gasteiger partial charge in [-0.05, 0) is 91.4 Å². The molecule has 0 atom stereocenters. The number of aliphatic carboxylic acids is 1. The first-order valence-corrected chi connectivity index (χ1v) is 14.9. The fourth-order valence-electron chi connectivity index (χ4n) is 6.78. The molecule has 8 heteroatoms. The van der Waals surface area contributed by atoms with E-state index >= 15 is 4.39 Å². The number of fused-ring (bicyclic) bond motifs is 3. The topological polar surface area (TPSA) is 86.5 Å². The zero-order valence-electron chi connectivity index (χ0n) is 25.5. The van der Waals surface area contributed by atoms with Gasteiger partial charge in [-0.25, -0.2) is 9.37 Å². The van der Waals surface area contributed by atoms with Crippen LogP contribution >= 0.6 is 0 Å². The predicted octanol–water partition coefficient (Wildman–Crippen LogP) is 7.35. The Morgan fingerprint density at radius 1 is 1.09 bits per heavy atom. The lowest BCUT2D eigenvalue weighted by Gasteiger charge is -2.23. The van der Waals surface area contributed by atoms with Crippen molar-refractivity contribution in [2.45, 2.75) is 52.4 Å². The van der Waals surface area contributed by atoms with Gasteiger partial charge >= 0.3 is 5.97 Å². The molecule has 224 valence electrons. The van der Waals surface area contributed by atoms with Crippen molar-refractivity contribution in [3.63, 3.8) is 0 Å². The number of aromatic nitrogens is 3. The molecule has 1 N–H and O–H groups in total. The number of hydrogen-bond acceptors (Lipinski definition) is 5. The van der Waals surface area contributed by atoms with Gasteiger partial charge in [-0.3, -0.25) is 9.78 Å². The molecule has 0 amide bonds. The highest BCUT2D eigenvalue weighted by Crippen LogP contribution is 2.44. The summed E-state index contributed by atoms with van der Waals surface area (Å²) in [4.78, 5) is 21.6. The van der Waals surface area contributed by atoms with Crippen molar-refractivity contribution in [2.24, 2.45) is 7.05 Å². The maximum atomic E-state index is 15.5. The number of nitrogens with zero attached hydrogens (tertiary/aromatic N) is 3. The van der Waals surface area contributed by atoms with E-state index in [1.807, 2.05) is 49.7 Å². The van der Waals surface area contributed by atoms with Crippen LogP contribution in [0.5, 0.6) is 11.5 Å². The Bertz CT molecular complexity index is 2010. The summed E-state index contributed by atoms with van der Waals surface area (Å²) in [5, 5.41) is 10.7. The van der Waals surface area contributed by atoms with E-state index in [0.29, 0.717) is 53.4 Å². The van der Waals surface area contributed by atoms with E-state index < -0.39 is 11.8 Å². The average Bonchev–Trinajstić information content (AvgIpc) is 3.50. The number of carbonyl (C=O) groups is 1. The summed E-state index contributed by atoms with van der Waals surface area (Å²) in [6, 6.07) is 13.8. The second-order valence-corrected chi connectivity index (χ2v) is 12.6. The van der Waals surface area contributed by atoms with Crippen LogP contribution in [0.1, 0.15) is 48.2 Å². The quantitative estimate of drug-likeness (QED) is 0.230. The number of pyridine rings is 2. The molecule has 0 saturated carbocycles. The monoisotopic (exact) mass is 591 g/mol. The first-order chi connectivity index (χ1) is 21.0. The molecule has 0 unspecified atom stereocenters. The van der Waals surface area contributed by atoms with E-state index in [9.17, 15) is 9.90 Å². The van der Waals surface area contributed by atoms with Crippen LogP contribution in [0.4, 0.5) is 4.39 Å². The van der Waals surface area contributed by atoms with Crippen molar-refractivity contribution >= 4 is 17.0 Å². The highest BCUT2D eigenvalue weighted by atomic mass is 19.1. The molecule has 2 aromatic carbocycles. The Morgan fingerprint density at radius 2 is 1.91 bits per heavy atom. The van der Waals surface area contributed by atoms with Crippen molar-refractivity contribution in [3.05, 3.63) is 82.4 Å². The molecule has 3 aromatic heterocycles. The van der Waals surface area contributed by atoms with Gasteiger partial charge in [0, 0.05) is 52.0 Å². The molecule has 2 aliphatic rings. The van der Waals surface area contributed by atoms with Gasteiger partial charge in [-0.15, -0.1) is 0 Å². The maximum absolute atomic E-state index is 15.5. The van der Waals surface area contributed by atoms with E-state index in [0.717, 1.165) is 51.2 Å². The summed E-state index contributed by atoms with van der Waals surface area (Å²) >= 11 is 0. The molecule has 5 aromatic rings. The van der Waals surface area contributed by atoms with Crippen LogP contribution in [0.2, 0.25) is 0 Å². The predicted molar refractivity (Wildman–Crippen MR) is 168 cm³/mol. The summed E-state index contributed by atoms with van der Waals surface area (Å²) in [6.45, 7) is 9.28. The minimum atomic E-state index is -0.965. The SMILES string of the molecule is Cc1nc2c(cc(-c3ccnc(-c4ccc5c(c4)C(C)(C)CO5)c3)n2C)c(-c2cc(F)c3c(c2C)CCCO3)c1CC(=O)O. The average molecular weight is 592 g/mol. The van der Waals surface area contributed by atoms with Gasteiger partial charge < -0.3 is 19.1 Å². The summed E-state index contributed by atoms with van der Waals surface area (Å²) < 4.78 is 29.1. The highest BCUT2D eigenvalue weighted by Gasteiger charge is 2.32. The van der Waals surface area contributed by atoms with Gasteiger partial charge in [0.1, 0.15) is 11.4 Å². The fraction of sp³-hybridized carbons (Fsp3) is 0.306. The number of benzene rings is 2. The van der Waals surface area contributed by atoms with Gasteiger partial charge in [-0.1, -0.05) is 13.8 Å². The standard InChI is InChI=1S/C36H34FN3O4/c1-19-23-7-6-12-43-34(23)28(37)15-24(19)33-25(17-32(41)42)20(2)39-35-26(33)16-30(40(35)5)22-10-11-38-29(14-22)21-8-9-31-27(13-21)36(3,4)18-44-31/h8-11,13-16H,6-7,12,17-18H2,1-5H3,(H,41,42). The van der Waals surface area contributed by atoms with E-state index in [2.05, 4.69) is 26.0 Å². The highest BCUT2D eigenvalue weighted by molar-refractivity contribution is 6.01. The Kier molecular flexibility index (Phi) is 6.50. The number of halogens is 1. The summed E-state index contributed by atoms with van der Waals surface area (Å²) in [6.07, 6.45) is 3.09. The zero-order chi connectivity index (χ0) is 30.9. The Balaban J connectivity index is 1.43. The number of hydrogen-bond donors (Lipinski definition) is 1. The van der Waals surface area contributed by atoms with Crippen LogP contribution in [0.3, 0.4) is 0 Å². The van der Waals surface area contributed by atoms with Crippen LogP contribution in [-0.2, 0) is 30.1 Å². The van der Waals surface area contributed by atoms with Crippen LogP contribution < -0.4 is 9.47 Å². The van der Waals surface area contributed by atoms with Gasteiger partial charge in [0.2, 0.25) is 0 Å². The fourth-order valence-corrected chi connectivity index (χ4v) is 6.78. The summed E-state index contributed by atoms with van der Waals surface area (Å²) in [5.41, 5.74) is 9.78. The molecule has 0 fully saturated rings. The molecule has 0 bridgehead atoms. The number of rotatable bonds is 5. The number of carboxylic acids is 1. The smallest absolute Gasteiger partial charge is 0.307 e. The van der Waals surface area contributed by atoms with Crippen molar-refractivity contribution in [1.29, 1.82) is 0 Å². The van der Waals surface area contributed by atoms with Gasteiger partial charge in [0.15, 0.2) is 11.6 Å². The molecule has 0 aliphatic carbocycles. The minimum Gasteiger partial charge on any atom is -0.492 e. The molecule has 0 radical (unpaired) electrons. The van der Waals surface area contributed by atoms with Gasteiger partial charge in [-0.2, -0.15) is 0 Å². The van der Waals surface area contributed by atoms with Crippen molar-refractivity contribution in [2.75, 3.05) is 13.2 Å². The molecular formula is C36H34FN3O4. The summed E-state index contributed by atoms with van der Waals surface area (Å²) in [7, 11) is 1.95. The first-order valence-electron chi connectivity index (χ1n) is 14.9. The lowest BCUT2D eigenvalue weighted by molar-refractivity contribution is -0.136. The Hall–Kier alpha value is -4.72. The molecule has 2 aliphatic heterocycles. The maximum Gasteiger partial charge on any atom is 0.307 e. The van der Waals surface area contributed by atoms with Crippen LogP contribution in [0, 0.1) is 19.7 Å². The third kappa shape index (κ3) is 4.43. The summed E-state index contributed by atoms with van der Waals surface area (Å²) in [5.74, 6) is -0.177. The van der Waals surface area contributed by atoms with E-state index in [-0.39, 0.29) is 11.8 Å². The molecule has 7 rings (SSSR count). The molecular weight excluding hydrogens is 557 g/mol. The normalized spacial score (nSPS) is 15.0. The number of aryl methyl sites for hydroxylation is 2. The Morgan fingerprint density at radius 3 is 2.70 bits per heavy atom. The molecule has 0 spiro atoms. The largest absolute Gasteiger partial charge is 0.492 e. The van der Waals surface area contributed by atoms with Crippen molar-refractivity contribution in [1.82, 2.24) is 14.5 Å². The van der Waals surface area contributed by atoms with Gasteiger partial charge in [0.25, 0.3) is 0 Å². The first kappa shape index (κ1) is 28.1. The zero-order valence-corrected chi connectivity index (χ0v) is 25.5. The van der Waals surface area contributed by atoms with Crippen LogP contribution in [-0.4, -0.2) is 38.8 Å². The minimum absolute atomic E-state index is 0.0766. The third-order valence-electron chi connectivity index (χ3n) is 9.16. The van der Waals surface area contributed by atoms with Crippen LogP contribution in [0.15, 0.2) is 48.7 Å². The molecule has 7 nitrogen and oxygen atoms in total. The second-order valence-electron chi connectivity index (χ2n) is 12.6. The number of ether oxygens (including phenoxy) is 2.